The molecule has 0 amide bonds. The van der Waals surface area contributed by atoms with Crippen LogP contribution < -0.4 is 4.72 Å². The summed E-state index contributed by atoms with van der Waals surface area (Å²) < 4.78 is 59.0. The topological polar surface area (TPSA) is 84.3 Å². The number of pyridine rings is 1. The number of hydrogen-bond acceptors (Lipinski definition) is 4. The van der Waals surface area contributed by atoms with Crippen molar-refractivity contribution in [2.75, 3.05) is 18.3 Å². The maximum atomic E-state index is 15.0. The third kappa shape index (κ3) is 3.89. The summed E-state index contributed by atoms with van der Waals surface area (Å²) in [4.78, 5) is 17.2. The SMILES string of the molecule is CCN(C)S(=O)(=O)Nc1ccc(F)c(C(=O)c2cn(C)c3ncc(Br)cc23)c1F. The number of hydrogen-bond donors (Lipinski definition) is 1. The minimum atomic E-state index is -4.05. The lowest BCUT2D eigenvalue weighted by atomic mass is 10.0. The van der Waals surface area contributed by atoms with Gasteiger partial charge in [-0.25, -0.2) is 13.8 Å². The molecule has 0 saturated carbocycles. The summed E-state index contributed by atoms with van der Waals surface area (Å²) in [6.07, 6.45) is 2.96. The first-order chi connectivity index (χ1) is 13.6. The Morgan fingerprint density at radius 1 is 1.34 bits per heavy atom. The molecule has 1 aromatic carbocycles. The molecular weight excluding hydrogens is 470 g/mol. The summed E-state index contributed by atoms with van der Waals surface area (Å²) in [5.41, 5.74) is -0.870. The van der Waals surface area contributed by atoms with Crippen molar-refractivity contribution < 1.29 is 22.0 Å². The molecule has 3 aromatic rings. The van der Waals surface area contributed by atoms with Crippen molar-refractivity contribution >= 4 is 48.6 Å². The van der Waals surface area contributed by atoms with E-state index in [0.29, 0.717) is 15.5 Å². The number of nitrogens with one attached hydrogen (secondary N) is 1. The third-order valence-electron chi connectivity index (χ3n) is 4.44. The molecule has 2 aromatic heterocycles. The van der Waals surface area contributed by atoms with Crippen molar-refractivity contribution in [3.63, 3.8) is 0 Å². The predicted octanol–water partition coefficient (Wildman–Crippen LogP) is 3.45. The van der Waals surface area contributed by atoms with E-state index in [1.54, 1.807) is 24.6 Å². The second-order valence-corrected chi connectivity index (χ2v) is 9.01. The van der Waals surface area contributed by atoms with Gasteiger partial charge in [-0.15, -0.1) is 0 Å². The van der Waals surface area contributed by atoms with Gasteiger partial charge in [0.1, 0.15) is 11.5 Å². The number of benzene rings is 1. The van der Waals surface area contributed by atoms with Crippen LogP contribution in [0.4, 0.5) is 14.5 Å². The Kier molecular flexibility index (Phi) is 5.74. The van der Waals surface area contributed by atoms with E-state index in [9.17, 15) is 17.6 Å². The molecule has 0 fully saturated rings. The third-order valence-corrected chi connectivity index (χ3v) is 6.43. The molecule has 7 nitrogen and oxygen atoms in total. The van der Waals surface area contributed by atoms with E-state index in [0.717, 1.165) is 16.4 Å². The van der Waals surface area contributed by atoms with Gasteiger partial charge in [-0.1, -0.05) is 6.92 Å². The van der Waals surface area contributed by atoms with Crippen LogP contribution in [0.1, 0.15) is 22.8 Å². The fourth-order valence-electron chi connectivity index (χ4n) is 2.78. The Bertz CT molecular complexity index is 1230. The van der Waals surface area contributed by atoms with Gasteiger partial charge in [-0.2, -0.15) is 12.7 Å². The molecule has 2 heterocycles. The van der Waals surface area contributed by atoms with Crippen molar-refractivity contribution in [1.82, 2.24) is 13.9 Å². The van der Waals surface area contributed by atoms with Gasteiger partial charge in [0.05, 0.1) is 11.3 Å². The number of aryl methyl sites for hydroxylation is 1. The van der Waals surface area contributed by atoms with Crippen LogP contribution in [0.5, 0.6) is 0 Å². The lowest BCUT2D eigenvalue weighted by Crippen LogP contribution is -2.32. The molecule has 3 rings (SSSR count). The maximum absolute atomic E-state index is 15.0. The normalized spacial score (nSPS) is 12.0. The highest BCUT2D eigenvalue weighted by Gasteiger charge is 2.27. The minimum absolute atomic E-state index is 0.0415. The number of carbonyl (C=O) groups is 1. The summed E-state index contributed by atoms with van der Waals surface area (Å²) in [5.74, 6) is -3.31. The van der Waals surface area contributed by atoms with Crippen LogP contribution in [0.2, 0.25) is 0 Å². The predicted molar refractivity (Wildman–Crippen MR) is 109 cm³/mol. The van der Waals surface area contributed by atoms with E-state index in [4.69, 9.17) is 0 Å². The van der Waals surface area contributed by atoms with E-state index >= 15 is 4.39 Å². The lowest BCUT2D eigenvalue weighted by Gasteiger charge is -2.17. The highest BCUT2D eigenvalue weighted by molar-refractivity contribution is 9.10. The van der Waals surface area contributed by atoms with Gasteiger partial charge in [0, 0.05) is 48.5 Å². The van der Waals surface area contributed by atoms with Gasteiger partial charge in [0.15, 0.2) is 5.82 Å². The summed E-state index contributed by atoms with van der Waals surface area (Å²) in [7, 11) is -1.10. The van der Waals surface area contributed by atoms with Crippen LogP contribution in [0, 0.1) is 11.6 Å². The summed E-state index contributed by atoms with van der Waals surface area (Å²) in [5, 5.41) is 0.405. The Morgan fingerprint density at radius 3 is 2.69 bits per heavy atom. The molecule has 0 aliphatic carbocycles. The average molecular weight is 487 g/mol. The molecule has 0 spiro atoms. The van der Waals surface area contributed by atoms with Gasteiger partial charge in [0.25, 0.3) is 0 Å². The highest BCUT2D eigenvalue weighted by Crippen LogP contribution is 2.29. The van der Waals surface area contributed by atoms with E-state index in [1.807, 2.05) is 4.72 Å². The van der Waals surface area contributed by atoms with Gasteiger partial charge < -0.3 is 4.57 Å². The molecule has 0 radical (unpaired) electrons. The van der Waals surface area contributed by atoms with Crippen LogP contribution in [0.3, 0.4) is 0 Å². The molecule has 11 heteroatoms. The molecular formula is C18H17BrF2N4O3S. The number of nitrogens with zero attached hydrogens (tertiary/aromatic N) is 3. The standard InChI is InChI=1S/C18H17BrF2N4O3S/c1-4-25(3)29(27,28)23-14-6-5-13(20)15(16(14)21)17(26)12-9-24(2)18-11(12)7-10(19)8-22-18/h5-9,23H,4H2,1-3H3. The van der Waals surface area contributed by atoms with Crippen molar-refractivity contribution in [3.8, 4) is 0 Å². The van der Waals surface area contributed by atoms with Gasteiger partial charge in [0.2, 0.25) is 5.78 Å². The quantitative estimate of drug-likeness (QED) is 0.540. The summed E-state index contributed by atoms with van der Waals surface area (Å²) in [6, 6.07) is 3.40. The number of fused-ring (bicyclic) bond motifs is 1. The Hall–Kier alpha value is -2.37. The molecule has 0 aliphatic heterocycles. The Morgan fingerprint density at radius 2 is 2.03 bits per heavy atom. The summed E-state index contributed by atoms with van der Waals surface area (Å²) in [6.45, 7) is 1.74. The molecule has 0 bridgehead atoms. The van der Waals surface area contributed by atoms with Crippen molar-refractivity contribution in [1.29, 1.82) is 0 Å². The monoisotopic (exact) mass is 486 g/mol. The largest absolute Gasteiger partial charge is 0.335 e. The van der Waals surface area contributed by atoms with Gasteiger partial charge >= 0.3 is 10.2 Å². The molecule has 0 unspecified atom stereocenters. The minimum Gasteiger partial charge on any atom is -0.335 e. The molecule has 1 N–H and O–H groups in total. The molecule has 0 aliphatic rings. The van der Waals surface area contributed by atoms with Crippen LogP contribution in [0.25, 0.3) is 11.0 Å². The zero-order valence-electron chi connectivity index (χ0n) is 15.7. The van der Waals surface area contributed by atoms with Gasteiger partial charge in [-0.05, 0) is 34.1 Å². The van der Waals surface area contributed by atoms with Gasteiger partial charge in [-0.3, -0.25) is 9.52 Å². The second kappa shape index (κ2) is 7.81. The Balaban J connectivity index is 2.13. The number of anilines is 1. The molecule has 29 heavy (non-hydrogen) atoms. The van der Waals surface area contributed by atoms with E-state index in [2.05, 4.69) is 20.9 Å². The first-order valence-electron chi connectivity index (χ1n) is 8.44. The van der Waals surface area contributed by atoms with Crippen LogP contribution in [-0.4, -0.2) is 41.6 Å². The van der Waals surface area contributed by atoms with Crippen molar-refractivity contribution in [2.24, 2.45) is 7.05 Å². The number of rotatable bonds is 6. The zero-order chi connectivity index (χ0) is 21.5. The van der Waals surface area contributed by atoms with Crippen LogP contribution >= 0.6 is 15.9 Å². The average Bonchev–Trinajstić information content (AvgIpc) is 2.99. The number of halogens is 3. The fraction of sp³-hybridized carbons (Fsp3) is 0.222. The number of aromatic nitrogens is 2. The van der Waals surface area contributed by atoms with Crippen molar-refractivity contribution in [2.45, 2.75) is 6.92 Å². The van der Waals surface area contributed by atoms with Crippen LogP contribution in [0.15, 0.2) is 35.1 Å². The fourth-order valence-corrected chi connectivity index (χ4v) is 4.04. The molecule has 154 valence electrons. The van der Waals surface area contributed by atoms with E-state index in [1.165, 1.54) is 19.4 Å². The smallest absolute Gasteiger partial charge is 0.301 e. The number of carbonyl (C=O) groups excluding carboxylic acids is 1. The highest BCUT2D eigenvalue weighted by atomic mass is 79.9. The second-order valence-electron chi connectivity index (χ2n) is 6.31. The first-order valence-corrected chi connectivity index (χ1v) is 10.7. The molecule has 0 atom stereocenters. The zero-order valence-corrected chi connectivity index (χ0v) is 18.1. The first kappa shape index (κ1) is 21.3. The number of ketones is 1. The lowest BCUT2D eigenvalue weighted by molar-refractivity contribution is 0.103. The maximum Gasteiger partial charge on any atom is 0.301 e. The van der Waals surface area contributed by atoms with E-state index in [-0.39, 0.29) is 12.1 Å². The summed E-state index contributed by atoms with van der Waals surface area (Å²) >= 11 is 3.26. The Labute approximate surface area is 174 Å². The van der Waals surface area contributed by atoms with E-state index < -0.39 is 38.9 Å². The van der Waals surface area contributed by atoms with Crippen LogP contribution in [-0.2, 0) is 17.3 Å². The molecule has 0 saturated heterocycles. The van der Waals surface area contributed by atoms with Crippen molar-refractivity contribution in [3.05, 3.63) is 57.8 Å².